The third-order valence-electron chi connectivity index (χ3n) is 2.35. The Bertz CT molecular complexity index is 342. The summed E-state index contributed by atoms with van der Waals surface area (Å²) >= 11 is 1.20. The van der Waals surface area contributed by atoms with Gasteiger partial charge in [0, 0.05) is 13.1 Å². The highest BCUT2D eigenvalue weighted by atomic mass is 33.1. The molecular formula is C9H11NO2S3. The SMILES string of the molecule is CCC1C(=O)N2C=C(SC(C)=O)SSC12. The highest BCUT2D eigenvalue weighted by Crippen LogP contribution is 2.52. The quantitative estimate of drug-likeness (QED) is 0.564. The Morgan fingerprint density at radius 3 is 3.00 bits per heavy atom. The first-order valence-corrected chi connectivity index (χ1v) is 7.72. The van der Waals surface area contributed by atoms with Crippen LogP contribution in [0.2, 0.25) is 0 Å². The second-order valence-electron chi connectivity index (χ2n) is 3.37. The number of nitrogens with zero attached hydrogens (tertiary/aromatic N) is 1. The highest BCUT2D eigenvalue weighted by Gasteiger charge is 2.47. The van der Waals surface area contributed by atoms with Crippen LogP contribution in [0.5, 0.6) is 0 Å². The maximum absolute atomic E-state index is 11.6. The molecule has 1 saturated heterocycles. The number of carbonyl (C=O) groups is 2. The number of hydrogen-bond donors (Lipinski definition) is 0. The van der Waals surface area contributed by atoms with E-state index in [4.69, 9.17) is 0 Å². The van der Waals surface area contributed by atoms with Crippen LogP contribution in [-0.2, 0) is 9.59 Å². The molecule has 1 fully saturated rings. The fraction of sp³-hybridized carbons (Fsp3) is 0.556. The number of rotatable bonds is 2. The second kappa shape index (κ2) is 4.43. The van der Waals surface area contributed by atoms with Crippen molar-refractivity contribution >= 4 is 44.4 Å². The van der Waals surface area contributed by atoms with Gasteiger partial charge in [-0.2, -0.15) is 0 Å². The molecule has 3 nitrogen and oxygen atoms in total. The second-order valence-corrected chi connectivity index (χ2v) is 7.21. The fourth-order valence-electron chi connectivity index (χ4n) is 1.59. The van der Waals surface area contributed by atoms with Gasteiger partial charge in [-0.3, -0.25) is 9.59 Å². The van der Waals surface area contributed by atoms with E-state index in [2.05, 4.69) is 0 Å². The van der Waals surface area contributed by atoms with Gasteiger partial charge in [0.25, 0.3) is 0 Å². The van der Waals surface area contributed by atoms with E-state index < -0.39 is 0 Å². The minimum atomic E-state index is 0.0628. The lowest BCUT2D eigenvalue weighted by molar-refractivity contribution is -0.145. The Balaban J connectivity index is 2.06. The van der Waals surface area contributed by atoms with E-state index in [0.29, 0.717) is 0 Å². The van der Waals surface area contributed by atoms with Crippen LogP contribution < -0.4 is 0 Å². The predicted molar refractivity (Wildman–Crippen MR) is 66.0 cm³/mol. The Morgan fingerprint density at radius 2 is 2.40 bits per heavy atom. The van der Waals surface area contributed by atoms with Crippen molar-refractivity contribution in [2.45, 2.75) is 25.6 Å². The molecule has 2 rings (SSSR count). The van der Waals surface area contributed by atoms with E-state index in [9.17, 15) is 9.59 Å². The molecular weight excluding hydrogens is 250 g/mol. The van der Waals surface area contributed by atoms with Crippen LogP contribution in [-0.4, -0.2) is 21.3 Å². The summed E-state index contributed by atoms with van der Waals surface area (Å²) in [5, 5.41) is 0.344. The molecule has 0 aromatic carbocycles. The summed E-state index contributed by atoms with van der Waals surface area (Å²) in [5.41, 5.74) is 0. The number of hydrogen-bond acceptors (Lipinski definition) is 5. The minimum absolute atomic E-state index is 0.0628. The van der Waals surface area contributed by atoms with E-state index in [1.165, 1.54) is 18.7 Å². The molecule has 2 aliphatic heterocycles. The lowest BCUT2D eigenvalue weighted by atomic mass is 9.96. The van der Waals surface area contributed by atoms with Gasteiger partial charge in [0.1, 0.15) is 5.37 Å². The summed E-state index contributed by atoms with van der Waals surface area (Å²) in [6.45, 7) is 3.57. The van der Waals surface area contributed by atoms with Gasteiger partial charge >= 0.3 is 0 Å². The molecule has 2 atom stereocenters. The van der Waals surface area contributed by atoms with Crippen molar-refractivity contribution in [2.24, 2.45) is 5.92 Å². The Morgan fingerprint density at radius 1 is 1.67 bits per heavy atom. The summed E-state index contributed by atoms with van der Waals surface area (Å²) in [5.74, 6) is 0.361. The van der Waals surface area contributed by atoms with Crippen molar-refractivity contribution in [1.82, 2.24) is 4.90 Å². The predicted octanol–water partition coefficient (Wildman–Crippen LogP) is 2.65. The van der Waals surface area contributed by atoms with Gasteiger partial charge in [-0.1, -0.05) is 17.7 Å². The molecule has 6 heteroatoms. The molecule has 0 spiro atoms. The minimum Gasteiger partial charge on any atom is -0.303 e. The summed E-state index contributed by atoms with van der Waals surface area (Å²) in [7, 11) is 3.28. The van der Waals surface area contributed by atoms with Crippen molar-refractivity contribution in [3.8, 4) is 0 Å². The molecule has 2 unspecified atom stereocenters. The highest BCUT2D eigenvalue weighted by molar-refractivity contribution is 8.80. The number of fused-ring (bicyclic) bond motifs is 1. The number of β-lactam (4-membered cyclic amide) rings is 1. The lowest BCUT2D eigenvalue weighted by Gasteiger charge is -2.46. The van der Waals surface area contributed by atoms with Gasteiger partial charge in [0.2, 0.25) is 5.91 Å². The molecule has 0 bridgehead atoms. The van der Waals surface area contributed by atoms with Crippen LogP contribution in [0.25, 0.3) is 0 Å². The number of carbonyl (C=O) groups excluding carboxylic acids is 2. The molecule has 0 aromatic heterocycles. The van der Waals surface area contributed by atoms with Crippen molar-refractivity contribution in [3.05, 3.63) is 10.4 Å². The van der Waals surface area contributed by atoms with Crippen LogP contribution in [0.1, 0.15) is 20.3 Å². The van der Waals surface area contributed by atoms with Gasteiger partial charge in [-0.05, 0) is 29.0 Å². The standard InChI is InChI=1S/C9H11NO2S3/c1-3-6-8(12)10-4-7(13-5(2)11)14-15-9(6)10/h4,6,9H,3H2,1-2H3. The summed E-state index contributed by atoms with van der Waals surface area (Å²) in [4.78, 5) is 24.3. The average molecular weight is 261 g/mol. The monoisotopic (exact) mass is 261 g/mol. The first kappa shape index (κ1) is 11.4. The van der Waals surface area contributed by atoms with Gasteiger partial charge in [-0.25, -0.2) is 0 Å². The normalized spacial score (nSPS) is 29.3. The Labute approximate surface area is 101 Å². The molecule has 82 valence electrons. The first-order valence-electron chi connectivity index (χ1n) is 4.69. The topological polar surface area (TPSA) is 37.4 Å². The molecule has 0 radical (unpaired) electrons. The maximum Gasteiger partial charge on any atom is 0.233 e. The average Bonchev–Trinajstić information content (AvgIpc) is 2.19. The molecule has 1 amide bonds. The summed E-state index contributed by atoms with van der Waals surface area (Å²) < 4.78 is 0.909. The number of amides is 1. The van der Waals surface area contributed by atoms with Crippen LogP contribution in [0.4, 0.5) is 0 Å². The Hall–Kier alpha value is -0.0700. The zero-order valence-electron chi connectivity index (χ0n) is 8.43. The lowest BCUT2D eigenvalue weighted by Crippen LogP contribution is -2.56. The van der Waals surface area contributed by atoms with E-state index in [1.54, 1.807) is 26.5 Å². The van der Waals surface area contributed by atoms with E-state index in [0.717, 1.165) is 10.7 Å². The third-order valence-corrected chi connectivity index (χ3v) is 6.30. The van der Waals surface area contributed by atoms with Crippen molar-refractivity contribution in [3.63, 3.8) is 0 Å². The van der Waals surface area contributed by atoms with E-state index >= 15 is 0 Å². The first-order chi connectivity index (χ1) is 7.13. The van der Waals surface area contributed by atoms with Crippen molar-refractivity contribution in [2.75, 3.05) is 0 Å². The molecule has 2 aliphatic rings. The molecule has 0 aliphatic carbocycles. The maximum atomic E-state index is 11.6. The third kappa shape index (κ3) is 2.07. The van der Waals surface area contributed by atoms with Crippen LogP contribution in [0.3, 0.4) is 0 Å². The summed E-state index contributed by atoms with van der Waals surface area (Å²) in [6, 6.07) is 0. The van der Waals surface area contributed by atoms with Gasteiger partial charge in [-0.15, -0.1) is 0 Å². The molecule has 0 aromatic rings. The Kier molecular flexibility index (Phi) is 3.37. The van der Waals surface area contributed by atoms with Crippen LogP contribution >= 0.6 is 33.3 Å². The largest absolute Gasteiger partial charge is 0.303 e. The van der Waals surface area contributed by atoms with E-state index in [-0.39, 0.29) is 22.3 Å². The molecule has 0 N–H and O–H groups in total. The smallest absolute Gasteiger partial charge is 0.233 e. The van der Waals surface area contributed by atoms with Crippen LogP contribution in [0, 0.1) is 5.92 Å². The van der Waals surface area contributed by atoms with Gasteiger partial charge in [0.05, 0.1) is 10.2 Å². The fourth-order valence-corrected chi connectivity index (χ4v) is 5.63. The zero-order valence-corrected chi connectivity index (χ0v) is 10.9. The molecule has 0 saturated carbocycles. The van der Waals surface area contributed by atoms with Crippen molar-refractivity contribution in [1.29, 1.82) is 0 Å². The molecule has 15 heavy (non-hydrogen) atoms. The van der Waals surface area contributed by atoms with Gasteiger partial charge in [0.15, 0.2) is 5.12 Å². The van der Waals surface area contributed by atoms with Crippen LogP contribution in [0.15, 0.2) is 10.4 Å². The number of thioether (sulfide) groups is 1. The zero-order chi connectivity index (χ0) is 11.0. The summed E-state index contributed by atoms with van der Waals surface area (Å²) in [6.07, 6.45) is 2.71. The van der Waals surface area contributed by atoms with E-state index in [1.807, 2.05) is 13.1 Å². The van der Waals surface area contributed by atoms with Gasteiger partial charge < -0.3 is 4.90 Å². The van der Waals surface area contributed by atoms with Crippen molar-refractivity contribution < 1.29 is 9.59 Å². The molecule has 2 heterocycles.